The highest BCUT2D eigenvalue weighted by Gasteiger charge is 2.31. The lowest BCUT2D eigenvalue weighted by Gasteiger charge is -2.26. The van der Waals surface area contributed by atoms with Crippen LogP contribution in [0.3, 0.4) is 0 Å². The van der Waals surface area contributed by atoms with Crippen molar-refractivity contribution in [3.63, 3.8) is 0 Å². The third kappa shape index (κ3) is 6.48. The van der Waals surface area contributed by atoms with Gasteiger partial charge in [0.1, 0.15) is 51.4 Å². The van der Waals surface area contributed by atoms with E-state index in [1.54, 1.807) is 48.5 Å². The Kier molecular flexibility index (Phi) is 9.64. The highest BCUT2D eigenvalue weighted by Crippen LogP contribution is 2.48. The summed E-state index contributed by atoms with van der Waals surface area (Å²) in [4.78, 5) is 12.6. The normalized spacial score (nSPS) is 13.9. The molecule has 5 rings (SSSR count). The van der Waals surface area contributed by atoms with E-state index in [4.69, 9.17) is 82.7 Å². The molecule has 4 aromatic carbocycles. The molecule has 224 valence electrons. The average Bonchev–Trinajstić information content (AvgIpc) is 3.02. The zero-order valence-electron chi connectivity index (χ0n) is 22.2. The number of hydrogen-bond acceptors (Lipinski definition) is 7. The van der Waals surface area contributed by atoms with Crippen molar-refractivity contribution in [1.29, 1.82) is 5.26 Å². The number of carbonyl (C=O) groups is 1. The van der Waals surface area contributed by atoms with Crippen LogP contribution in [0, 0.1) is 17.1 Å². The van der Waals surface area contributed by atoms with Gasteiger partial charge in [-0.2, -0.15) is 5.26 Å². The number of hydrogen-bond donors (Lipinski definition) is 1. The lowest BCUT2D eigenvalue weighted by molar-refractivity contribution is -0.136. The van der Waals surface area contributed by atoms with Gasteiger partial charge in [-0.1, -0.05) is 94.4 Å². The Balaban J connectivity index is 1.31. The molecule has 1 heterocycles. The molecule has 0 fully saturated rings. The van der Waals surface area contributed by atoms with Crippen molar-refractivity contribution in [2.45, 2.75) is 12.5 Å². The quantitative estimate of drug-likeness (QED) is 0.0851. The van der Waals surface area contributed by atoms with Gasteiger partial charge in [0, 0.05) is 17.2 Å². The number of nitriles is 1. The van der Waals surface area contributed by atoms with Crippen LogP contribution < -0.4 is 24.7 Å². The van der Waals surface area contributed by atoms with Gasteiger partial charge in [-0.05, 0) is 29.8 Å². The van der Waals surface area contributed by atoms with Crippen molar-refractivity contribution in [1.82, 2.24) is 0 Å². The smallest absolute Gasteiger partial charge is 0.349 e. The Bertz CT molecular complexity index is 1810. The summed E-state index contributed by atoms with van der Waals surface area (Å²) in [6.45, 7) is -0.545. The van der Waals surface area contributed by atoms with Gasteiger partial charge in [0.25, 0.3) is 0 Å². The Morgan fingerprint density at radius 3 is 2.18 bits per heavy atom. The van der Waals surface area contributed by atoms with Crippen molar-refractivity contribution in [2.75, 3.05) is 6.61 Å². The molecular formula is C31H18Cl5FN2O5. The van der Waals surface area contributed by atoms with E-state index in [2.05, 4.69) is 6.07 Å². The summed E-state index contributed by atoms with van der Waals surface area (Å²) in [5, 5.41) is 9.41. The Morgan fingerprint density at radius 2 is 1.52 bits per heavy atom. The van der Waals surface area contributed by atoms with Crippen molar-refractivity contribution in [3.05, 3.63) is 126 Å². The molecule has 44 heavy (non-hydrogen) atoms. The molecule has 0 saturated heterocycles. The van der Waals surface area contributed by atoms with E-state index < -0.39 is 18.5 Å². The molecular weight excluding hydrogens is 677 g/mol. The van der Waals surface area contributed by atoms with Gasteiger partial charge in [-0.25, -0.2) is 9.18 Å². The molecule has 13 heteroatoms. The molecule has 1 atom stereocenters. The molecule has 0 bridgehead atoms. The summed E-state index contributed by atoms with van der Waals surface area (Å²) < 4.78 is 36.2. The maximum atomic E-state index is 13.9. The minimum atomic E-state index is -0.807. The summed E-state index contributed by atoms with van der Waals surface area (Å²) in [5.74, 6) is -1.07. The first-order valence-electron chi connectivity index (χ1n) is 12.6. The number of ether oxygens (including phenoxy) is 4. The van der Waals surface area contributed by atoms with Crippen LogP contribution in [0.5, 0.6) is 23.0 Å². The molecule has 7 nitrogen and oxygen atoms in total. The standard InChI is InChI=1S/C31H18Cl5FN2O5/c32-25-26(33)28(35)30(29(36)27(25)34)42-14-23(40)43-18-9-10-19-22(11-18)44-31(39)20(12-38)24(19)15-5-7-17(8-6-15)41-13-16-3-1-2-4-21(16)37/h1-11,24H,13-14,39H2. The second-order valence-corrected chi connectivity index (χ2v) is 11.1. The van der Waals surface area contributed by atoms with Gasteiger partial charge in [0.05, 0.1) is 21.0 Å². The van der Waals surface area contributed by atoms with Gasteiger partial charge in [-0.3, -0.25) is 0 Å². The van der Waals surface area contributed by atoms with Gasteiger partial charge < -0.3 is 24.7 Å². The largest absolute Gasteiger partial charge is 0.489 e. The molecule has 0 aliphatic carbocycles. The minimum absolute atomic E-state index is 0.0518. The second kappa shape index (κ2) is 13.4. The fraction of sp³-hybridized carbons (Fsp3) is 0.0968. The van der Waals surface area contributed by atoms with Crippen LogP contribution in [0.15, 0.2) is 78.2 Å². The average molecular weight is 695 g/mol. The highest BCUT2D eigenvalue weighted by atomic mass is 35.5. The van der Waals surface area contributed by atoms with Crippen LogP contribution in [0.4, 0.5) is 4.39 Å². The molecule has 0 saturated carbocycles. The molecule has 0 aromatic heterocycles. The first-order valence-corrected chi connectivity index (χ1v) is 14.5. The SMILES string of the molecule is N#CC1=C(N)Oc2cc(OC(=O)COc3c(Cl)c(Cl)c(Cl)c(Cl)c3Cl)ccc2C1c1ccc(OCc2ccccc2F)cc1. The number of allylic oxidation sites excluding steroid dienone is 1. The number of fused-ring (bicyclic) bond motifs is 1. The zero-order valence-corrected chi connectivity index (χ0v) is 26.0. The number of halogens is 6. The van der Waals surface area contributed by atoms with Gasteiger partial charge >= 0.3 is 5.97 Å². The van der Waals surface area contributed by atoms with E-state index in [1.165, 1.54) is 18.2 Å². The molecule has 0 amide bonds. The molecule has 1 aliphatic rings. The number of esters is 1. The maximum absolute atomic E-state index is 13.9. The van der Waals surface area contributed by atoms with E-state index in [-0.39, 0.29) is 66.2 Å². The van der Waals surface area contributed by atoms with E-state index in [9.17, 15) is 14.4 Å². The lowest BCUT2D eigenvalue weighted by atomic mass is 9.83. The number of nitrogens with two attached hydrogens (primary N) is 1. The van der Waals surface area contributed by atoms with E-state index >= 15 is 0 Å². The number of nitrogens with zero attached hydrogens (tertiary/aromatic N) is 1. The molecule has 0 radical (unpaired) electrons. The molecule has 0 spiro atoms. The Labute approximate surface area is 275 Å². The summed E-state index contributed by atoms with van der Waals surface area (Å²) >= 11 is 30.3. The highest BCUT2D eigenvalue weighted by molar-refractivity contribution is 6.55. The van der Waals surface area contributed by atoms with Crippen molar-refractivity contribution < 1.29 is 28.1 Å². The lowest BCUT2D eigenvalue weighted by Crippen LogP contribution is -2.21. The molecule has 1 aliphatic heterocycles. The van der Waals surface area contributed by atoms with Gasteiger partial charge in [-0.15, -0.1) is 0 Å². The van der Waals surface area contributed by atoms with E-state index in [1.807, 2.05) is 0 Å². The molecule has 4 aromatic rings. The van der Waals surface area contributed by atoms with Crippen LogP contribution in [0.2, 0.25) is 25.1 Å². The van der Waals surface area contributed by atoms with Crippen LogP contribution in [-0.2, 0) is 11.4 Å². The topological polar surface area (TPSA) is 104 Å². The van der Waals surface area contributed by atoms with Crippen molar-refractivity contribution in [2.24, 2.45) is 5.73 Å². The summed E-state index contributed by atoms with van der Waals surface area (Å²) in [6.07, 6.45) is 0. The predicted octanol–water partition coefficient (Wildman–Crippen LogP) is 8.87. The third-order valence-corrected chi connectivity index (χ3v) is 8.73. The van der Waals surface area contributed by atoms with Crippen LogP contribution in [0.1, 0.15) is 22.6 Å². The molecule has 1 unspecified atom stereocenters. The summed E-state index contributed by atoms with van der Waals surface area (Å²) in [6, 6.07) is 20.1. The van der Waals surface area contributed by atoms with Crippen LogP contribution in [0.25, 0.3) is 0 Å². The summed E-state index contributed by atoms with van der Waals surface area (Å²) in [7, 11) is 0. The van der Waals surface area contributed by atoms with Crippen LogP contribution in [-0.4, -0.2) is 12.6 Å². The fourth-order valence-corrected chi connectivity index (χ4v) is 5.61. The summed E-state index contributed by atoms with van der Waals surface area (Å²) in [5.41, 5.74) is 8.06. The first kappa shape index (κ1) is 31.6. The molecule has 2 N–H and O–H groups in total. The maximum Gasteiger partial charge on any atom is 0.349 e. The van der Waals surface area contributed by atoms with E-state index in [0.29, 0.717) is 16.9 Å². The Morgan fingerprint density at radius 1 is 0.886 bits per heavy atom. The fourth-order valence-electron chi connectivity index (χ4n) is 4.38. The zero-order chi connectivity index (χ0) is 31.5. The van der Waals surface area contributed by atoms with Crippen molar-refractivity contribution in [3.8, 4) is 29.1 Å². The predicted molar refractivity (Wildman–Crippen MR) is 166 cm³/mol. The second-order valence-electron chi connectivity index (χ2n) is 9.24. The van der Waals surface area contributed by atoms with E-state index in [0.717, 1.165) is 5.56 Å². The number of benzene rings is 4. The van der Waals surface area contributed by atoms with Crippen molar-refractivity contribution >= 4 is 64.0 Å². The Hall–Kier alpha value is -3.84. The first-order chi connectivity index (χ1) is 21.1. The third-order valence-electron chi connectivity index (χ3n) is 6.49. The number of rotatable bonds is 8. The van der Waals surface area contributed by atoms with Gasteiger partial charge in [0.15, 0.2) is 12.4 Å². The minimum Gasteiger partial charge on any atom is -0.489 e. The van der Waals surface area contributed by atoms with Crippen LogP contribution >= 0.6 is 58.0 Å². The van der Waals surface area contributed by atoms with Gasteiger partial charge in [0.2, 0.25) is 5.88 Å². The number of carbonyl (C=O) groups excluding carboxylic acids is 1. The monoisotopic (exact) mass is 692 g/mol.